The summed E-state index contributed by atoms with van der Waals surface area (Å²) in [5.41, 5.74) is 4.71. The molecule has 2 nitrogen and oxygen atoms in total. The monoisotopic (exact) mass is 228 g/mol. The van der Waals surface area contributed by atoms with Crippen molar-refractivity contribution in [1.29, 1.82) is 0 Å². The van der Waals surface area contributed by atoms with Gasteiger partial charge in [-0.05, 0) is 48.9 Å². The zero-order chi connectivity index (χ0) is 12.7. The van der Waals surface area contributed by atoms with Gasteiger partial charge in [0.15, 0.2) is 0 Å². The minimum Gasteiger partial charge on any atom is -0.388 e. The quantitative estimate of drug-likeness (QED) is 0.751. The maximum absolute atomic E-state index is 3.65. The maximum atomic E-state index is 3.65. The van der Waals surface area contributed by atoms with Crippen molar-refractivity contribution in [2.75, 3.05) is 12.4 Å². The van der Waals surface area contributed by atoms with E-state index in [2.05, 4.69) is 48.4 Å². The molecule has 0 radical (unpaired) electrons. The number of benzene rings is 1. The molecule has 0 spiro atoms. The zero-order valence-corrected chi connectivity index (χ0v) is 10.7. The van der Waals surface area contributed by atoms with Gasteiger partial charge in [0.05, 0.1) is 0 Å². The first-order chi connectivity index (χ1) is 8.22. The smallest absolute Gasteiger partial charge is 0.0343 e. The molecule has 0 saturated heterocycles. The molecule has 2 heteroatoms. The Hall–Kier alpha value is -1.96. The van der Waals surface area contributed by atoms with Gasteiger partial charge in [-0.15, -0.1) is 0 Å². The summed E-state index contributed by atoms with van der Waals surface area (Å²) in [5.74, 6) is 0. The lowest BCUT2D eigenvalue weighted by atomic mass is 10.00. The van der Waals surface area contributed by atoms with E-state index in [1.54, 1.807) is 6.20 Å². The molecule has 0 bridgehead atoms. The van der Waals surface area contributed by atoms with Crippen LogP contribution in [0.5, 0.6) is 0 Å². The number of hydrogen-bond donors (Lipinski definition) is 2. The van der Waals surface area contributed by atoms with Crippen LogP contribution in [0.15, 0.2) is 49.3 Å². The predicted molar refractivity (Wildman–Crippen MR) is 76.8 cm³/mol. The summed E-state index contributed by atoms with van der Waals surface area (Å²) in [5, 5.41) is 6.18. The van der Waals surface area contributed by atoms with E-state index in [0.717, 1.165) is 11.3 Å². The van der Waals surface area contributed by atoms with E-state index in [-0.39, 0.29) is 0 Å². The Kier molecular flexibility index (Phi) is 5.08. The van der Waals surface area contributed by atoms with Crippen LogP contribution in [0.3, 0.4) is 0 Å². The van der Waals surface area contributed by atoms with Gasteiger partial charge in [-0.25, -0.2) is 0 Å². The molecule has 0 aliphatic heterocycles. The van der Waals surface area contributed by atoms with Crippen molar-refractivity contribution in [3.8, 4) is 0 Å². The molecule has 0 heterocycles. The van der Waals surface area contributed by atoms with Crippen LogP contribution < -0.4 is 10.6 Å². The fraction of sp³-hybridized carbons (Fsp3) is 0.200. The Labute approximate surface area is 104 Å². The summed E-state index contributed by atoms with van der Waals surface area (Å²) < 4.78 is 0. The molecule has 0 atom stereocenters. The second-order valence-corrected chi connectivity index (χ2v) is 3.75. The van der Waals surface area contributed by atoms with E-state index in [0.29, 0.717) is 0 Å². The summed E-state index contributed by atoms with van der Waals surface area (Å²) in [7, 11) is 1.93. The summed E-state index contributed by atoms with van der Waals surface area (Å²) in [6, 6.07) is 6.34. The van der Waals surface area contributed by atoms with Gasteiger partial charge in [-0.2, -0.15) is 0 Å². The van der Waals surface area contributed by atoms with Crippen LogP contribution in [0.4, 0.5) is 5.69 Å². The van der Waals surface area contributed by atoms with Crippen LogP contribution >= 0.6 is 0 Å². The van der Waals surface area contributed by atoms with E-state index in [1.807, 2.05) is 26.2 Å². The summed E-state index contributed by atoms with van der Waals surface area (Å²) in [6.07, 6.45) is 7.73. The van der Waals surface area contributed by atoms with Crippen LogP contribution in [-0.4, -0.2) is 7.05 Å². The van der Waals surface area contributed by atoms with Crippen molar-refractivity contribution in [1.82, 2.24) is 5.32 Å². The van der Waals surface area contributed by atoms with Gasteiger partial charge in [0.2, 0.25) is 0 Å². The third-order valence-electron chi connectivity index (χ3n) is 2.54. The van der Waals surface area contributed by atoms with Gasteiger partial charge in [-0.1, -0.05) is 24.8 Å². The number of aryl methyl sites for hydroxylation is 1. The largest absolute Gasteiger partial charge is 0.388 e. The van der Waals surface area contributed by atoms with Crippen LogP contribution in [0, 0.1) is 6.92 Å². The van der Waals surface area contributed by atoms with Crippen molar-refractivity contribution < 1.29 is 0 Å². The lowest BCUT2D eigenvalue weighted by Crippen LogP contribution is -1.97. The SMILES string of the molecule is C=CN/C=C(\C=C/C)c1cc(NC)ccc1C. The molecule has 0 aliphatic rings. The molecular formula is C15H20N2. The fourth-order valence-corrected chi connectivity index (χ4v) is 1.63. The molecule has 0 saturated carbocycles. The highest BCUT2D eigenvalue weighted by molar-refractivity contribution is 5.77. The lowest BCUT2D eigenvalue weighted by Gasteiger charge is -2.10. The van der Waals surface area contributed by atoms with Gasteiger partial charge in [-0.3, -0.25) is 0 Å². The molecular weight excluding hydrogens is 208 g/mol. The maximum Gasteiger partial charge on any atom is 0.0343 e. The van der Waals surface area contributed by atoms with Crippen molar-refractivity contribution in [2.24, 2.45) is 0 Å². The second-order valence-electron chi connectivity index (χ2n) is 3.75. The van der Waals surface area contributed by atoms with Gasteiger partial charge in [0.1, 0.15) is 0 Å². The van der Waals surface area contributed by atoms with Gasteiger partial charge < -0.3 is 10.6 Å². The third-order valence-corrected chi connectivity index (χ3v) is 2.54. The molecule has 0 amide bonds. The first-order valence-corrected chi connectivity index (χ1v) is 5.71. The van der Waals surface area contributed by atoms with Crippen molar-refractivity contribution >= 4 is 11.3 Å². The average Bonchev–Trinajstić information content (AvgIpc) is 2.35. The first-order valence-electron chi connectivity index (χ1n) is 5.71. The minimum atomic E-state index is 1.11. The highest BCUT2D eigenvalue weighted by Crippen LogP contribution is 2.23. The summed E-state index contributed by atoms with van der Waals surface area (Å²) in [6.45, 7) is 7.77. The standard InChI is InChI=1S/C15H20N2/c1-5-7-13(11-17-6-2)15-10-14(16-4)9-8-12(15)3/h5-11,16-17H,2H2,1,3-4H3/b7-5-,13-11+. The van der Waals surface area contributed by atoms with E-state index in [4.69, 9.17) is 0 Å². The second kappa shape index (κ2) is 6.59. The third kappa shape index (κ3) is 3.52. The predicted octanol–water partition coefficient (Wildman–Crippen LogP) is 3.69. The number of nitrogens with one attached hydrogen (secondary N) is 2. The van der Waals surface area contributed by atoms with Crippen molar-refractivity contribution in [3.05, 3.63) is 60.5 Å². The molecule has 17 heavy (non-hydrogen) atoms. The average molecular weight is 228 g/mol. The Morgan fingerprint density at radius 2 is 2.12 bits per heavy atom. The topological polar surface area (TPSA) is 24.1 Å². The number of rotatable bonds is 5. The first kappa shape index (κ1) is 13.1. The molecule has 0 aromatic heterocycles. The Morgan fingerprint density at radius 1 is 1.35 bits per heavy atom. The molecule has 90 valence electrons. The minimum absolute atomic E-state index is 1.11. The van der Waals surface area contributed by atoms with Crippen LogP contribution in [0.1, 0.15) is 18.1 Å². The Balaban J connectivity index is 3.21. The molecule has 0 unspecified atom stereocenters. The number of hydrogen-bond acceptors (Lipinski definition) is 2. The molecule has 0 fully saturated rings. The molecule has 2 N–H and O–H groups in total. The Morgan fingerprint density at radius 3 is 2.71 bits per heavy atom. The van der Waals surface area contributed by atoms with Gasteiger partial charge >= 0.3 is 0 Å². The lowest BCUT2D eigenvalue weighted by molar-refractivity contribution is 1.20. The van der Waals surface area contributed by atoms with E-state index in [1.165, 1.54) is 11.1 Å². The van der Waals surface area contributed by atoms with Crippen LogP contribution in [0.2, 0.25) is 0 Å². The summed E-state index contributed by atoms with van der Waals surface area (Å²) in [4.78, 5) is 0. The van der Waals surface area contributed by atoms with Gasteiger partial charge in [0.25, 0.3) is 0 Å². The number of allylic oxidation sites excluding steroid dienone is 3. The van der Waals surface area contributed by atoms with E-state index in [9.17, 15) is 0 Å². The van der Waals surface area contributed by atoms with Crippen molar-refractivity contribution in [2.45, 2.75) is 13.8 Å². The molecule has 1 rings (SSSR count). The normalized spacial score (nSPS) is 11.6. The molecule has 0 aliphatic carbocycles. The van der Waals surface area contributed by atoms with E-state index < -0.39 is 0 Å². The number of anilines is 1. The van der Waals surface area contributed by atoms with Crippen molar-refractivity contribution in [3.63, 3.8) is 0 Å². The Bertz CT molecular complexity index is 442. The van der Waals surface area contributed by atoms with E-state index >= 15 is 0 Å². The molecule has 1 aromatic rings. The van der Waals surface area contributed by atoms with Crippen LogP contribution in [0.25, 0.3) is 5.57 Å². The van der Waals surface area contributed by atoms with Gasteiger partial charge in [0, 0.05) is 18.9 Å². The zero-order valence-electron chi connectivity index (χ0n) is 10.7. The molecule has 1 aromatic carbocycles. The highest BCUT2D eigenvalue weighted by Gasteiger charge is 2.03. The highest BCUT2D eigenvalue weighted by atomic mass is 14.8. The van der Waals surface area contributed by atoms with Crippen LogP contribution in [-0.2, 0) is 0 Å². The fourth-order valence-electron chi connectivity index (χ4n) is 1.63. The summed E-state index contributed by atoms with van der Waals surface area (Å²) >= 11 is 0.